The van der Waals surface area contributed by atoms with Crippen LogP contribution in [0, 0.1) is 0 Å². The molecular weight excluding hydrogens is 1700 g/mol. The van der Waals surface area contributed by atoms with Crippen molar-refractivity contribution in [1.29, 1.82) is 0 Å². The van der Waals surface area contributed by atoms with Crippen LogP contribution in [0.1, 0.15) is 470 Å². The summed E-state index contributed by atoms with van der Waals surface area (Å²) in [4.78, 5) is 59.3. The summed E-state index contributed by atoms with van der Waals surface area (Å²) in [6, 6.07) is 0. The van der Waals surface area contributed by atoms with E-state index < -0.39 is 91.5 Å². The molecule has 0 aromatic carbocycles. The summed E-state index contributed by atoms with van der Waals surface area (Å²) in [6.45, 7) is 2.51. The maximum atomic E-state index is 13.1. The van der Waals surface area contributed by atoms with Gasteiger partial charge in [0.25, 0.3) is 0 Å². The SMILES string of the molecule is CC/C=C\C/C=C\C/C=C\C/C=C\C/C=C\C/C=C\CCCCCCCCCCCCCCCCCCC(=O)OCC(O)COP(=O)(O)OCC(O)COP(=O)(O)OCC(COC(=O)CCCCCCCCCCCCCCCCCCCCC/C=C\C/C=C\C/C=C\C/C=C\C/C=C\CC)OC(=O)CCCCCCCCCCCCC/C=C\C/C=C\C/C=C\C/C=C\CCCCC. The van der Waals surface area contributed by atoms with Gasteiger partial charge >= 0.3 is 33.6 Å². The highest BCUT2D eigenvalue weighted by Crippen LogP contribution is 2.45. The summed E-state index contributed by atoms with van der Waals surface area (Å²) < 4.78 is 61.8. The van der Waals surface area contributed by atoms with Gasteiger partial charge in [-0.3, -0.25) is 32.5 Å². The van der Waals surface area contributed by atoms with Gasteiger partial charge in [0, 0.05) is 19.3 Å². The molecular formula is C115H198O16P2. The van der Waals surface area contributed by atoms with Crippen LogP contribution in [-0.2, 0) is 55.8 Å². The molecule has 0 radical (unpaired) electrons. The third-order valence-electron chi connectivity index (χ3n) is 23.1. The van der Waals surface area contributed by atoms with Crippen LogP contribution in [0.5, 0.6) is 0 Å². The zero-order valence-electron chi connectivity index (χ0n) is 84.9. The first kappa shape index (κ1) is 128. The van der Waals surface area contributed by atoms with E-state index in [0.717, 1.165) is 161 Å². The van der Waals surface area contributed by atoms with Crippen LogP contribution in [0.15, 0.2) is 182 Å². The van der Waals surface area contributed by atoms with Crippen molar-refractivity contribution in [2.45, 2.75) is 489 Å². The van der Waals surface area contributed by atoms with Crippen molar-refractivity contribution < 1.29 is 75.8 Å². The van der Waals surface area contributed by atoms with Crippen molar-refractivity contribution in [3.63, 3.8) is 0 Å². The van der Waals surface area contributed by atoms with E-state index in [1.807, 2.05) is 0 Å². The molecule has 133 heavy (non-hydrogen) atoms. The fourth-order valence-electron chi connectivity index (χ4n) is 15.0. The highest BCUT2D eigenvalue weighted by Gasteiger charge is 2.30. The van der Waals surface area contributed by atoms with Gasteiger partial charge in [-0.05, 0) is 161 Å². The van der Waals surface area contributed by atoms with Gasteiger partial charge in [-0.2, -0.15) is 0 Å². The van der Waals surface area contributed by atoms with Crippen molar-refractivity contribution >= 4 is 33.6 Å². The second kappa shape index (κ2) is 106. The lowest BCUT2D eigenvalue weighted by molar-refractivity contribution is -0.161. The molecule has 4 N–H and O–H groups in total. The minimum atomic E-state index is -4.95. The molecule has 0 saturated heterocycles. The first-order valence-corrected chi connectivity index (χ1v) is 57.1. The summed E-state index contributed by atoms with van der Waals surface area (Å²) in [5.41, 5.74) is 0. The number of phosphoric acid groups is 2. The highest BCUT2D eigenvalue weighted by molar-refractivity contribution is 7.47. The van der Waals surface area contributed by atoms with Gasteiger partial charge < -0.3 is 34.2 Å². The van der Waals surface area contributed by atoms with Crippen molar-refractivity contribution in [3.05, 3.63) is 182 Å². The first-order chi connectivity index (χ1) is 65.2. The number of unbranched alkanes of at least 4 members (excludes halogenated alkanes) is 49. The monoisotopic (exact) mass is 1900 g/mol. The van der Waals surface area contributed by atoms with E-state index in [1.165, 1.54) is 250 Å². The summed E-state index contributed by atoms with van der Waals surface area (Å²) in [5, 5.41) is 20.8. The number of allylic oxidation sites excluding steroid dienone is 30. The Labute approximate surface area is 815 Å². The summed E-state index contributed by atoms with van der Waals surface area (Å²) in [6.07, 6.45) is 141. The molecule has 0 aliphatic heterocycles. The quantitative estimate of drug-likeness (QED) is 0.0146. The predicted octanol–water partition coefficient (Wildman–Crippen LogP) is 34.7. The van der Waals surface area contributed by atoms with Crippen LogP contribution in [-0.4, -0.2) is 95.9 Å². The molecule has 0 aliphatic rings. The number of carbonyl (C=O) groups is 3. The first-order valence-electron chi connectivity index (χ1n) is 54.1. The molecule has 0 aromatic heterocycles. The summed E-state index contributed by atoms with van der Waals surface area (Å²) in [7, 11) is -9.82. The molecule has 5 unspecified atom stereocenters. The molecule has 0 aliphatic carbocycles. The number of rotatable bonds is 102. The lowest BCUT2D eigenvalue weighted by Crippen LogP contribution is -2.30. The van der Waals surface area contributed by atoms with Gasteiger partial charge in [-0.15, -0.1) is 0 Å². The molecule has 764 valence electrons. The van der Waals surface area contributed by atoms with E-state index in [9.17, 15) is 43.5 Å². The average Bonchev–Trinajstić information content (AvgIpc) is 0.896. The number of phosphoric ester groups is 2. The van der Waals surface area contributed by atoms with Crippen molar-refractivity contribution in [2.24, 2.45) is 0 Å². The molecule has 0 fully saturated rings. The fraction of sp³-hybridized carbons (Fsp3) is 0.713. The second-order valence-electron chi connectivity index (χ2n) is 36.0. The van der Waals surface area contributed by atoms with Gasteiger partial charge in [-0.25, -0.2) is 9.13 Å². The van der Waals surface area contributed by atoms with E-state index in [2.05, 4.69) is 203 Å². The fourth-order valence-corrected chi connectivity index (χ4v) is 16.6. The molecule has 0 saturated carbocycles. The Morgan fingerprint density at radius 3 is 0.632 bits per heavy atom. The molecule has 18 heteroatoms. The smallest absolute Gasteiger partial charge is 0.463 e. The number of hydrogen-bond donors (Lipinski definition) is 4. The van der Waals surface area contributed by atoms with Gasteiger partial charge in [0.05, 0.1) is 26.4 Å². The number of hydrogen-bond acceptors (Lipinski definition) is 14. The van der Waals surface area contributed by atoms with E-state index in [0.29, 0.717) is 19.3 Å². The van der Waals surface area contributed by atoms with Crippen molar-refractivity contribution in [3.8, 4) is 0 Å². The molecule has 0 spiro atoms. The molecule has 5 atom stereocenters. The number of aliphatic hydroxyl groups excluding tert-OH is 2. The zero-order valence-corrected chi connectivity index (χ0v) is 86.7. The number of esters is 3. The Bertz CT molecular complexity index is 3150. The Kier molecular flexibility index (Phi) is 101. The summed E-state index contributed by atoms with van der Waals surface area (Å²) in [5.74, 6) is -1.56. The zero-order chi connectivity index (χ0) is 96.4. The van der Waals surface area contributed by atoms with Gasteiger partial charge in [0.1, 0.15) is 25.4 Å². The molecule has 0 amide bonds. The Hall–Kier alpha value is -5.35. The third kappa shape index (κ3) is 107. The normalized spacial score (nSPS) is 14.3. The minimum Gasteiger partial charge on any atom is -0.463 e. The lowest BCUT2D eigenvalue weighted by atomic mass is 10.0. The maximum absolute atomic E-state index is 13.1. The van der Waals surface area contributed by atoms with Crippen LogP contribution in [0.2, 0.25) is 0 Å². The van der Waals surface area contributed by atoms with E-state index in [4.69, 9.17) is 32.3 Å². The van der Waals surface area contributed by atoms with Crippen molar-refractivity contribution in [2.75, 3.05) is 39.6 Å². The van der Waals surface area contributed by atoms with E-state index in [1.54, 1.807) is 0 Å². The standard InChI is InChI=1S/C115H198O16P2/c1-4-7-10-13-16-19-22-25-28-31-34-37-40-43-46-48-50-52-54-56-58-60-63-65-68-71-74-77-80-83-86-89-92-95-98-101-113(118)125-104-110(116)105-127-132(121,122)128-106-111(117)107-129-133(123,124)130-109-112(131-115(120)103-100-97-94-91-88-85-82-79-76-73-70-67-62-45-42-39-36-33-30-27-24-21-18-15-12-9-6-3)108-126-114(119)102-99-96-93-90-87-84-81-78-75-72-69-66-64-61-59-57-55-53-51-49-47-44-41-38-35-32-29-26-23-20-17-14-11-8-5-2/h7-8,10-11,16-21,25-30,34-39,43-47,50,52,62,110-112,116-117H,4-6,9,12-15,22-24,31-33,40-42,48-49,51,53-61,63-109H2,1-3H3,(H,121,122)(H,123,124)/b10-7-,11-8-,19-16-,20-17-,21-18-,28-25-,29-26-,30-27-,37-34-,38-35-,39-36-,46-43-,47-44-,52-50-,62-45-. The molecule has 16 nitrogen and oxygen atoms in total. The molecule has 0 rings (SSSR count). The largest absolute Gasteiger partial charge is 0.472 e. The maximum Gasteiger partial charge on any atom is 0.472 e. The van der Waals surface area contributed by atoms with E-state index >= 15 is 0 Å². The van der Waals surface area contributed by atoms with E-state index in [-0.39, 0.29) is 19.3 Å². The van der Waals surface area contributed by atoms with Crippen LogP contribution >= 0.6 is 15.6 Å². The summed E-state index contributed by atoms with van der Waals surface area (Å²) >= 11 is 0. The van der Waals surface area contributed by atoms with Crippen LogP contribution in [0.4, 0.5) is 0 Å². The molecule has 0 heterocycles. The number of aliphatic hydroxyl groups is 2. The van der Waals surface area contributed by atoms with Gasteiger partial charge in [0.2, 0.25) is 0 Å². The Morgan fingerprint density at radius 1 is 0.218 bits per heavy atom. The van der Waals surface area contributed by atoms with Crippen LogP contribution in [0.3, 0.4) is 0 Å². The van der Waals surface area contributed by atoms with Gasteiger partial charge in [0.15, 0.2) is 6.10 Å². The predicted molar refractivity (Wildman–Crippen MR) is 565 cm³/mol. The highest BCUT2D eigenvalue weighted by atomic mass is 31.2. The molecule has 0 aromatic rings. The topological polar surface area (TPSA) is 231 Å². The number of carbonyl (C=O) groups excluding carboxylic acids is 3. The van der Waals surface area contributed by atoms with Crippen molar-refractivity contribution in [1.82, 2.24) is 0 Å². The Balaban J connectivity index is 4.58. The van der Waals surface area contributed by atoms with Gasteiger partial charge in [-0.1, -0.05) is 473 Å². The molecule has 0 bridgehead atoms. The Morgan fingerprint density at radius 2 is 0.398 bits per heavy atom. The second-order valence-corrected chi connectivity index (χ2v) is 38.9. The minimum absolute atomic E-state index is 0.0995. The lowest BCUT2D eigenvalue weighted by Gasteiger charge is -2.21. The number of ether oxygens (including phenoxy) is 3. The average molecular weight is 1900 g/mol. The van der Waals surface area contributed by atoms with Crippen LogP contribution in [0.25, 0.3) is 0 Å². The van der Waals surface area contributed by atoms with Crippen LogP contribution < -0.4 is 0 Å². The third-order valence-corrected chi connectivity index (χ3v) is 25.0.